The smallest absolute Gasteiger partial charge is 0.292 e. The van der Waals surface area contributed by atoms with Gasteiger partial charge in [0.1, 0.15) is 0 Å². The van der Waals surface area contributed by atoms with Crippen LogP contribution in [0.3, 0.4) is 0 Å². The zero-order chi connectivity index (χ0) is 26.9. The van der Waals surface area contributed by atoms with Crippen LogP contribution in [0.25, 0.3) is 0 Å². The summed E-state index contributed by atoms with van der Waals surface area (Å²) in [6, 6.07) is 18.3. The first-order chi connectivity index (χ1) is 18.3. The topological polar surface area (TPSA) is 86.9 Å². The maximum absolute atomic E-state index is 14.4. The molecular formula is C30H34ClN3O4. The van der Waals surface area contributed by atoms with Gasteiger partial charge in [0.05, 0.1) is 23.3 Å². The predicted octanol–water partition coefficient (Wildman–Crippen LogP) is 5.28. The second-order valence-corrected chi connectivity index (χ2v) is 11.5. The third kappa shape index (κ3) is 5.36. The summed E-state index contributed by atoms with van der Waals surface area (Å²) in [6.07, 6.45) is 1.50. The van der Waals surface area contributed by atoms with Crippen LogP contribution in [0.5, 0.6) is 0 Å². The van der Waals surface area contributed by atoms with Crippen molar-refractivity contribution in [3.05, 3.63) is 88.3 Å². The van der Waals surface area contributed by atoms with E-state index in [0.717, 1.165) is 23.2 Å². The van der Waals surface area contributed by atoms with Gasteiger partial charge >= 0.3 is 0 Å². The number of rotatable bonds is 6. The van der Waals surface area contributed by atoms with Gasteiger partial charge in [-0.2, -0.15) is 0 Å². The lowest BCUT2D eigenvalue weighted by atomic mass is 9.69. The summed E-state index contributed by atoms with van der Waals surface area (Å²) in [5, 5.41) is 16.2. The van der Waals surface area contributed by atoms with Crippen molar-refractivity contribution < 1.29 is 19.2 Å². The molecule has 7 nitrogen and oxygen atoms in total. The number of hydrogen-bond donors (Lipinski definition) is 1. The van der Waals surface area contributed by atoms with Gasteiger partial charge in [-0.15, -0.1) is 0 Å². The predicted molar refractivity (Wildman–Crippen MR) is 144 cm³/mol. The van der Waals surface area contributed by atoms with Gasteiger partial charge in [0.15, 0.2) is 0 Å². The van der Waals surface area contributed by atoms with Crippen LogP contribution >= 0.6 is 11.6 Å². The van der Waals surface area contributed by atoms with Crippen LogP contribution in [0.1, 0.15) is 66.5 Å². The molecule has 2 aromatic carbocycles. The minimum absolute atomic E-state index is 0.0489. The van der Waals surface area contributed by atoms with Crippen LogP contribution in [-0.2, 0) is 17.8 Å². The first kappa shape index (κ1) is 26.4. The van der Waals surface area contributed by atoms with Crippen molar-refractivity contribution in [2.24, 2.45) is 11.3 Å². The Labute approximate surface area is 228 Å². The lowest BCUT2D eigenvalue weighted by Crippen LogP contribution is -2.61. The van der Waals surface area contributed by atoms with E-state index in [2.05, 4.69) is 19.0 Å². The average Bonchev–Trinajstić information content (AvgIpc) is 3.35. The molecule has 2 aliphatic rings. The normalized spacial score (nSPS) is 23.9. The summed E-state index contributed by atoms with van der Waals surface area (Å²) >= 11 is 6.25. The van der Waals surface area contributed by atoms with Crippen molar-refractivity contribution in [2.45, 2.75) is 58.2 Å². The summed E-state index contributed by atoms with van der Waals surface area (Å²) in [5.74, 6) is 0.276. The van der Waals surface area contributed by atoms with E-state index < -0.39 is 17.6 Å². The molecule has 38 heavy (non-hydrogen) atoms. The van der Waals surface area contributed by atoms with Crippen LogP contribution in [0, 0.1) is 11.3 Å². The van der Waals surface area contributed by atoms with E-state index >= 15 is 0 Å². The van der Waals surface area contributed by atoms with Crippen LogP contribution in [-0.4, -0.2) is 51.1 Å². The van der Waals surface area contributed by atoms with E-state index in [0.29, 0.717) is 36.9 Å². The summed E-state index contributed by atoms with van der Waals surface area (Å²) in [5.41, 5.74) is 1.64. The van der Waals surface area contributed by atoms with Gasteiger partial charge < -0.3 is 19.4 Å². The molecule has 1 aromatic heterocycles. The Kier molecular flexibility index (Phi) is 7.59. The molecule has 3 atom stereocenters. The number of aromatic nitrogens is 1. The van der Waals surface area contributed by atoms with Gasteiger partial charge in [-0.1, -0.05) is 73.1 Å². The Hall–Kier alpha value is -3.16. The molecule has 2 amide bonds. The fraction of sp³-hybridized carbons (Fsp3) is 0.433. The monoisotopic (exact) mass is 535 g/mol. The van der Waals surface area contributed by atoms with Crippen LogP contribution in [0.15, 0.2) is 65.2 Å². The quantitative estimate of drug-likeness (QED) is 0.464. The van der Waals surface area contributed by atoms with E-state index in [4.69, 9.17) is 16.1 Å². The lowest BCUT2D eigenvalue weighted by molar-refractivity contribution is -0.165. The highest BCUT2D eigenvalue weighted by Gasteiger charge is 2.53. The second-order valence-electron chi connectivity index (χ2n) is 11.1. The third-order valence-corrected chi connectivity index (χ3v) is 7.88. The standard InChI is InChI=1S/C30H34ClN3O4/c1-20(2)14-24-16-26(38-32-24)28(36)33-13-7-12-30(19-33)17-25(35)27(22-9-4-3-5-10-22)34(29(30)37)18-21-8-6-11-23(31)15-21/h3-6,8-11,15-16,20,25,27,35H,7,12-14,17-19H2,1-2H3/t25-,27+,30+/m1/s1. The van der Waals surface area contributed by atoms with Crippen molar-refractivity contribution in [2.75, 3.05) is 13.1 Å². The van der Waals surface area contributed by atoms with E-state index in [9.17, 15) is 14.7 Å². The molecule has 3 aromatic rings. The lowest BCUT2D eigenvalue weighted by Gasteiger charge is -2.51. The molecule has 5 rings (SSSR count). The Bertz CT molecular complexity index is 1290. The highest BCUT2D eigenvalue weighted by atomic mass is 35.5. The van der Waals surface area contributed by atoms with Gasteiger partial charge in [0.2, 0.25) is 11.7 Å². The number of likely N-dealkylation sites (tertiary alicyclic amines) is 2. The molecule has 3 heterocycles. The van der Waals surface area contributed by atoms with E-state index in [-0.39, 0.29) is 30.5 Å². The Morgan fingerprint density at radius 1 is 1.18 bits per heavy atom. The minimum atomic E-state index is -0.877. The molecule has 1 N–H and O–H groups in total. The van der Waals surface area contributed by atoms with Crippen molar-refractivity contribution in [1.29, 1.82) is 0 Å². The molecular weight excluding hydrogens is 502 g/mol. The van der Waals surface area contributed by atoms with Crippen molar-refractivity contribution >= 4 is 23.4 Å². The van der Waals surface area contributed by atoms with Crippen LogP contribution < -0.4 is 0 Å². The molecule has 0 unspecified atom stereocenters. The average molecular weight is 536 g/mol. The van der Waals surface area contributed by atoms with Gasteiger partial charge in [0, 0.05) is 30.7 Å². The van der Waals surface area contributed by atoms with Gasteiger partial charge in [-0.25, -0.2) is 0 Å². The molecule has 0 bridgehead atoms. The molecule has 2 saturated heterocycles. The minimum Gasteiger partial charge on any atom is -0.391 e. The highest BCUT2D eigenvalue weighted by Crippen LogP contribution is 2.46. The molecule has 0 radical (unpaired) electrons. The van der Waals surface area contributed by atoms with Gasteiger partial charge in [-0.3, -0.25) is 9.59 Å². The summed E-state index contributed by atoms with van der Waals surface area (Å²) in [7, 11) is 0. The summed E-state index contributed by atoms with van der Waals surface area (Å²) < 4.78 is 5.39. The molecule has 8 heteroatoms. The molecule has 200 valence electrons. The Morgan fingerprint density at radius 3 is 2.71 bits per heavy atom. The number of piperidine rings is 2. The molecule has 2 aliphatic heterocycles. The van der Waals surface area contributed by atoms with Crippen molar-refractivity contribution in [3.63, 3.8) is 0 Å². The number of nitrogens with zero attached hydrogens (tertiary/aromatic N) is 3. The van der Waals surface area contributed by atoms with Crippen LogP contribution in [0.2, 0.25) is 5.02 Å². The van der Waals surface area contributed by atoms with Crippen LogP contribution in [0.4, 0.5) is 0 Å². The first-order valence-corrected chi connectivity index (χ1v) is 13.7. The zero-order valence-corrected chi connectivity index (χ0v) is 22.6. The van der Waals surface area contributed by atoms with Gasteiger partial charge in [-0.05, 0) is 54.9 Å². The number of carbonyl (C=O) groups excluding carboxylic acids is 2. The number of benzene rings is 2. The molecule has 0 saturated carbocycles. The highest BCUT2D eigenvalue weighted by molar-refractivity contribution is 6.30. The Morgan fingerprint density at radius 2 is 1.97 bits per heavy atom. The molecule has 2 fully saturated rings. The number of halogens is 1. The summed E-state index contributed by atoms with van der Waals surface area (Å²) in [6.45, 7) is 5.24. The number of aliphatic hydroxyl groups excluding tert-OH is 1. The zero-order valence-electron chi connectivity index (χ0n) is 21.8. The van der Waals surface area contributed by atoms with E-state index in [1.54, 1.807) is 21.9 Å². The number of amides is 2. The van der Waals surface area contributed by atoms with E-state index in [1.807, 2.05) is 48.5 Å². The van der Waals surface area contributed by atoms with Crippen molar-refractivity contribution in [3.8, 4) is 0 Å². The number of aliphatic hydroxyl groups is 1. The number of carbonyl (C=O) groups is 2. The SMILES string of the molecule is CC(C)Cc1cc(C(=O)N2CCC[C@]3(C[C@@H](O)[C@H](c4ccccc4)N(Cc4cccc(Cl)c4)C3=O)C2)on1. The maximum atomic E-state index is 14.4. The largest absolute Gasteiger partial charge is 0.391 e. The second kappa shape index (κ2) is 10.9. The Balaban J connectivity index is 1.44. The molecule has 1 spiro atoms. The molecule has 0 aliphatic carbocycles. The third-order valence-electron chi connectivity index (χ3n) is 7.65. The van der Waals surface area contributed by atoms with Crippen molar-refractivity contribution in [1.82, 2.24) is 15.0 Å². The number of hydrogen-bond acceptors (Lipinski definition) is 5. The van der Waals surface area contributed by atoms with E-state index in [1.165, 1.54) is 0 Å². The first-order valence-electron chi connectivity index (χ1n) is 13.3. The van der Waals surface area contributed by atoms with Gasteiger partial charge in [0.25, 0.3) is 5.91 Å². The fourth-order valence-electron chi connectivity index (χ4n) is 6.02. The summed E-state index contributed by atoms with van der Waals surface area (Å²) in [4.78, 5) is 31.2. The fourth-order valence-corrected chi connectivity index (χ4v) is 6.23. The maximum Gasteiger partial charge on any atom is 0.292 e.